The molecule has 0 fully saturated rings. The highest BCUT2D eigenvalue weighted by Gasteiger charge is 2.14. The number of hydrogen-bond donors (Lipinski definition) is 0. The van der Waals surface area contributed by atoms with Gasteiger partial charge in [0.2, 0.25) is 0 Å². The van der Waals surface area contributed by atoms with Crippen LogP contribution >= 0.6 is 0 Å². The third kappa shape index (κ3) is 1.62. The summed E-state index contributed by atoms with van der Waals surface area (Å²) in [6.07, 6.45) is 1.26. The minimum Gasteiger partial charge on any atom is -0.494 e. The number of aromatic nitrogens is 1. The molecule has 0 spiro atoms. The van der Waals surface area contributed by atoms with Crippen LogP contribution in [0.15, 0.2) is 24.4 Å². The molecule has 1 aromatic heterocycles. The van der Waals surface area contributed by atoms with E-state index in [0.29, 0.717) is 11.3 Å². The number of nitrogens with zero attached hydrogens (tertiary/aromatic N) is 1. The zero-order chi connectivity index (χ0) is 11.7. The van der Waals surface area contributed by atoms with Crippen LogP contribution in [0.4, 0.5) is 4.39 Å². The minimum atomic E-state index is -0.254. The van der Waals surface area contributed by atoms with E-state index in [1.807, 2.05) is 32.0 Å². The first kappa shape index (κ1) is 10.9. The zero-order valence-corrected chi connectivity index (χ0v) is 9.62. The maximum Gasteiger partial charge on any atom is 0.145 e. The Labute approximate surface area is 94.1 Å². The number of fused-ring (bicyclic) bond motifs is 1. The van der Waals surface area contributed by atoms with E-state index in [1.54, 1.807) is 7.11 Å². The predicted octanol–water partition coefficient (Wildman–Crippen LogP) is 3.51. The first-order valence-electron chi connectivity index (χ1n) is 5.26. The van der Waals surface area contributed by atoms with Crippen LogP contribution in [0, 0.1) is 5.82 Å². The molecule has 0 amide bonds. The molecule has 0 atom stereocenters. The third-order valence-corrected chi connectivity index (χ3v) is 2.65. The molecule has 3 heteroatoms. The molecule has 0 bridgehead atoms. The van der Waals surface area contributed by atoms with Gasteiger partial charge in [-0.2, -0.15) is 0 Å². The summed E-state index contributed by atoms with van der Waals surface area (Å²) >= 11 is 0. The molecule has 2 nitrogen and oxygen atoms in total. The highest BCUT2D eigenvalue weighted by Crippen LogP contribution is 2.31. The van der Waals surface area contributed by atoms with Crippen molar-refractivity contribution in [3.63, 3.8) is 0 Å². The van der Waals surface area contributed by atoms with Crippen molar-refractivity contribution in [1.29, 1.82) is 0 Å². The van der Waals surface area contributed by atoms with E-state index in [0.717, 1.165) is 10.9 Å². The molecule has 0 aliphatic carbocycles. The smallest absolute Gasteiger partial charge is 0.145 e. The van der Waals surface area contributed by atoms with E-state index >= 15 is 0 Å². The molecule has 16 heavy (non-hydrogen) atoms. The summed E-state index contributed by atoms with van der Waals surface area (Å²) in [7, 11) is 1.59. The first-order valence-corrected chi connectivity index (χ1v) is 5.26. The third-order valence-electron chi connectivity index (χ3n) is 2.65. The summed E-state index contributed by atoms with van der Waals surface area (Å²) in [5.74, 6) is 0.549. The molecule has 0 saturated carbocycles. The zero-order valence-electron chi connectivity index (χ0n) is 9.62. The lowest BCUT2D eigenvalue weighted by atomic mass is 9.98. The van der Waals surface area contributed by atoms with Crippen molar-refractivity contribution < 1.29 is 9.13 Å². The fourth-order valence-electron chi connectivity index (χ4n) is 1.94. The van der Waals surface area contributed by atoms with Gasteiger partial charge >= 0.3 is 0 Å². The number of pyridine rings is 1. The van der Waals surface area contributed by atoms with Gasteiger partial charge in [-0.1, -0.05) is 26.0 Å². The summed E-state index contributed by atoms with van der Waals surface area (Å²) in [5, 5.41) is 0.828. The van der Waals surface area contributed by atoms with Crippen LogP contribution in [0.2, 0.25) is 0 Å². The molecule has 2 rings (SSSR count). The normalized spacial score (nSPS) is 11.1. The molecule has 1 heterocycles. The largest absolute Gasteiger partial charge is 0.494 e. The lowest BCUT2D eigenvalue weighted by molar-refractivity contribution is 0.418. The average molecular weight is 219 g/mol. The molecule has 0 saturated heterocycles. The highest BCUT2D eigenvalue weighted by atomic mass is 19.1. The van der Waals surface area contributed by atoms with Gasteiger partial charge in [0.05, 0.1) is 13.3 Å². The molecule has 2 aromatic rings. The van der Waals surface area contributed by atoms with Crippen LogP contribution in [0.25, 0.3) is 10.9 Å². The molecule has 0 aliphatic heterocycles. The number of hydrogen-bond acceptors (Lipinski definition) is 2. The second kappa shape index (κ2) is 4.08. The van der Waals surface area contributed by atoms with Crippen molar-refractivity contribution in [2.45, 2.75) is 19.8 Å². The maximum absolute atomic E-state index is 13.7. The van der Waals surface area contributed by atoms with Crippen molar-refractivity contribution >= 4 is 10.9 Å². The van der Waals surface area contributed by atoms with Gasteiger partial charge in [0.15, 0.2) is 0 Å². The number of halogens is 1. The minimum absolute atomic E-state index is 0.123. The van der Waals surface area contributed by atoms with Crippen LogP contribution in [-0.2, 0) is 0 Å². The number of para-hydroxylation sites is 1. The number of benzene rings is 1. The Morgan fingerprint density at radius 2 is 2.06 bits per heavy atom. The predicted molar refractivity (Wildman–Crippen MR) is 62.3 cm³/mol. The van der Waals surface area contributed by atoms with Crippen molar-refractivity contribution in [3.8, 4) is 5.75 Å². The molecular weight excluding hydrogens is 205 g/mol. The first-order chi connectivity index (χ1) is 7.65. The van der Waals surface area contributed by atoms with Crippen LogP contribution in [-0.4, -0.2) is 12.1 Å². The van der Waals surface area contributed by atoms with Crippen molar-refractivity contribution in [1.82, 2.24) is 4.98 Å². The lowest BCUT2D eigenvalue weighted by Crippen LogP contribution is -1.98. The van der Waals surface area contributed by atoms with Gasteiger partial charge < -0.3 is 4.74 Å². The Morgan fingerprint density at radius 1 is 1.31 bits per heavy atom. The summed E-state index contributed by atoms with van der Waals surface area (Å²) in [5.41, 5.74) is 1.42. The molecular formula is C13H14FNO. The standard InChI is InChI=1S/C13H14FNO/c1-8(2)12-9-5-4-6-11(16-3)13(9)15-7-10(12)14/h4-8H,1-3H3. The number of rotatable bonds is 2. The van der Waals surface area contributed by atoms with Gasteiger partial charge in [-0.15, -0.1) is 0 Å². The quantitative estimate of drug-likeness (QED) is 0.771. The van der Waals surface area contributed by atoms with Crippen LogP contribution in [0.3, 0.4) is 0 Å². The van der Waals surface area contributed by atoms with E-state index in [9.17, 15) is 4.39 Å². The fraction of sp³-hybridized carbons (Fsp3) is 0.308. The van der Waals surface area contributed by atoms with Crippen LogP contribution in [0.5, 0.6) is 5.75 Å². The maximum atomic E-state index is 13.7. The lowest BCUT2D eigenvalue weighted by Gasteiger charge is -2.12. The van der Waals surface area contributed by atoms with Gasteiger partial charge in [-0.05, 0) is 12.0 Å². The van der Waals surface area contributed by atoms with Gasteiger partial charge in [-0.3, -0.25) is 0 Å². The second-order valence-electron chi connectivity index (χ2n) is 4.03. The summed E-state index contributed by atoms with van der Waals surface area (Å²) < 4.78 is 18.9. The number of methoxy groups -OCH3 is 1. The van der Waals surface area contributed by atoms with Gasteiger partial charge in [0, 0.05) is 10.9 Å². The summed E-state index contributed by atoms with van der Waals surface area (Å²) in [4.78, 5) is 4.09. The van der Waals surface area contributed by atoms with E-state index in [-0.39, 0.29) is 11.7 Å². The Morgan fingerprint density at radius 3 is 2.69 bits per heavy atom. The van der Waals surface area contributed by atoms with Crippen molar-refractivity contribution in [3.05, 3.63) is 35.8 Å². The Hall–Kier alpha value is -1.64. The summed E-state index contributed by atoms with van der Waals surface area (Å²) in [6.45, 7) is 3.94. The Balaban J connectivity index is 2.83. The summed E-state index contributed by atoms with van der Waals surface area (Å²) in [6, 6.07) is 5.56. The van der Waals surface area contributed by atoms with Crippen molar-refractivity contribution in [2.75, 3.05) is 7.11 Å². The Bertz CT molecular complexity index is 523. The van der Waals surface area contributed by atoms with Gasteiger partial charge in [0.25, 0.3) is 0 Å². The molecule has 84 valence electrons. The van der Waals surface area contributed by atoms with Crippen LogP contribution in [0.1, 0.15) is 25.3 Å². The molecule has 0 radical (unpaired) electrons. The van der Waals surface area contributed by atoms with E-state index < -0.39 is 0 Å². The van der Waals surface area contributed by atoms with Gasteiger partial charge in [0.1, 0.15) is 17.1 Å². The van der Waals surface area contributed by atoms with E-state index in [1.165, 1.54) is 6.20 Å². The average Bonchev–Trinajstić information content (AvgIpc) is 2.27. The second-order valence-corrected chi connectivity index (χ2v) is 4.03. The van der Waals surface area contributed by atoms with Crippen molar-refractivity contribution in [2.24, 2.45) is 0 Å². The monoisotopic (exact) mass is 219 g/mol. The topological polar surface area (TPSA) is 22.1 Å². The highest BCUT2D eigenvalue weighted by molar-refractivity contribution is 5.87. The molecule has 0 unspecified atom stereocenters. The molecule has 1 aromatic carbocycles. The Kier molecular flexibility index (Phi) is 2.77. The molecule has 0 aliphatic rings. The van der Waals surface area contributed by atoms with Crippen LogP contribution < -0.4 is 4.74 Å². The van der Waals surface area contributed by atoms with E-state index in [2.05, 4.69) is 4.98 Å². The van der Waals surface area contributed by atoms with E-state index in [4.69, 9.17) is 4.74 Å². The SMILES string of the molecule is COc1cccc2c(C(C)C)c(F)cnc12. The molecule has 0 N–H and O–H groups in total. The number of ether oxygens (including phenoxy) is 1. The fourth-order valence-corrected chi connectivity index (χ4v) is 1.94. The van der Waals surface area contributed by atoms with Gasteiger partial charge in [-0.25, -0.2) is 9.37 Å².